The maximum atomic E-state index is 12.6. The van der Waals surface area contributed by atoms with Gasteiger partial charge in [-0.05, 0) is 42.7 Å². The molecule has 0 fully saturated rings. The molecule has 1 heterocycles. The van der Waals surface area contributed by atoms with Crippen LogP contribution in [0.5, 0.6) is 0 Å². The molecule has 5 nitrogen and oxygen atoms in total. The van der Waals surface area contributed by atoms with E-state index in [0.29, 0.717) is 23.8 Å². The third kappa shape index (κ3) is 4.31. The van der Waals surface area contributed by atoms with E-state index in [1.54, 1.807) is 36.1 Å². The second-order valence-corrected chi connectivity index (χ2v) is 6.55. The van der Waals surface area contributed by atoms with Gasteiger partial charge in [-0.15, -0.1) is 0 Å². The van der Waals surface area contributed by atoms with Crippen molar-refractivity contribution in [1.29, 1.82) is 0 Å². The Hall–Kier alpha value is -2.53. The largest absolute Gasteiger partial charge is 0.336 e. The molecule has 2 N–H and O–H groups in total. The van der Waals surface area contributed by atoms with Crippen molar-refractivity contribution in [3.63, 3.8) is 0 Å². The lowest BCUT2D eigenvalue weighted by Gasteiger charge is -2.31. The molecule has 1 atom stereocenters. The van der Waals surface area contributed by atoms with Crippen LogP contribution in [0.4, 0.5) is 10.5 Å². The number of amides is 3. The van der Waals surface area contributed by atoms with Gasteiger partial charge in [-0.3, -0.25) is 4.79 Å². The van der Waals surface area contributed by atoms with Gasteiger partial charge in [0.1, 0.15) is 6.04 Å². The van der Waals surface area contributed by atoms with Gasteiger partial charge < -0.3 is 15.5 Å². The predicted molar refractivity (Wildman–Crippen MR) is 98.6 cm³/mol. The molecule has 25 heavy (non-hydrogen) atoms. The van der Waals surface area contributed by atoms with Crippen molar-refractivity contribution in [2.45, 2.75) is 25.9 Å². The Bertz CT molecular complexity index is 794. The Labute approximate surface area is 152 Å². The fourth-order valence-electron chi connectivity index (χ4n) is 2.95. The van der Waals surface area contributed by atoms with Crippen LogP contribution in [0.1, 0.15) is 18.1 Å². The zero-order valence-electron chi connectivity index (χ0n) is 14.0. The van der Waals surface area contributed by atoms with Gasteiger partial charge in [0.15, 0.2) is 0 Å². The number of nitrogens with one attached hydrogen (secondary N) is 2. The molecule has 1 aliphatic rings. The highest BCUT2D eigenvalue weighted by Crippen LogP contribution is 2.19. The quantitative estimate of drug-likeness (QED) is 0.884. The van der Waals surface area contributed by atoms with Gasteiger partial charge in [0.2, 0.25) is 5.91 Å². The number of carbonyl (C=O) groups excluding carboxylic acids is 2. The Morgan fingerprint density at radius 2 is 1.88 bits per heavy atom. The molecule has 0 bridgehead atoms. The normalized spacial score (nSPS) is 14.4. The molecule has 0 radical (unpaired) electrons. The highest BCUT2D eigenvalue weighted by molar-refractivity contribution is 6.30. The average molecular weight is 358 g/mol. The number of hydrogen-bond donors (Lipinski definition) is 2. The van der Waals surface area contributed by atoms with E-state index < -0.39 is 12.1 Å². The number of benzene rings is 2. The Morgan fingerprint density at radius 3 is 2.64 bits per heavy atom. The van der Waals surface area contributed by atoms with Crippen molar-refractivity contribution >= 4 is 29.2 Å². The van der Waals surface area contributed by atoms with Gasteiger partial charge in [0.25, 0.3) is 0 Å². The maximum absolute atomic E-state index is 12.6. The predicted octanol–water partition coefficient (Wildman–Crippen LogP) is 3.43. The first-order valence-corrected chi connectivity index (χ1v) is 8.59. The third-order valence-electron chi connectivity index (χ3n) is 4.24. The van der Waals surface area contributed by atoms with Gasteiger partial charge in [-0.25, -0.2) is 4.79 Å². The van der Waals surface area contributed by atoms with Gasteiger partial charge in [-0.1, -0.05) is 41.9 Å². The van der Waals surface area contributed by atoms with Crippen LogP contribution in [0.25, 0.3) is 0 Å². The molecule has 0 saturated heterocycles. The summed E-state index contributed by atoms with van der Waals surface area (Å²) in [5.41, 5.74) is 3.03. The third-order valence-corrected chi connectivity index (χ3v) is 4.48. The fourth-order valence-corrected chi connectivity index (χ4v) is 3.14. The van der Waals surface area contributed by atoms with Crippen molar-refractivity contribution in [1.82, 2.24) is 10.2 Å². The number of carbonyl (C=O) groups is 2. The average Bonchev–Trinajstić information content (AvgIpc) is 2.60. The minimum Gasteiger partial charge on any atom is -0.336 e. The number of rotatable bonds is 3. The number of halogens is 1. The second kappa shape index (κ2) is 7.57. The van der Waals surface area contributed by atoms with Crippen molar-refractivity contribution in [2.75, 3.05) is 11.9 Å². The fraction of sp³-hybridized carbons (Fsp3) is 0.263. The summed E-state index contributed by atoms with van der Waals surface area (Å²) in [6.07, 6.45) is 0.837. The summed E-state index contributed by atoms with van der Waals surface area (Å²) in [5.74, 6) is -0.0873. The standard InChI is InChI=1S/C19H20ClN3O2/c1-13(21-19(25)22-17-8-4-7-16(20)11-17)18(24)23-10-9-14-5-2-3-6-15(14)12-23/h2-8,11,13H,9-10,12H2,1H3,(H2,21,22,25)/t13-/m1/s1. The first-order valence-electron chi connectivity index (χ1n) is 8.21. The molecule has 0 unspecified atom stereocenters. The monoisotopic (exact) mass is 357 g/mol. The van der Waals surface area contributed by atoms with E-state index in [0.717, 1.165) is 12.0 Å². The number of hydrogen-bond acceptors (Lipinski definition) is 2. The molecule has 0 aliphatic carbocycles. The number of fused-ring (bicyclic) bond motifs is 1. The van der Waals surface area contributed by atoms with Crippen molar-refractivity contribution in [2.24, 2.45) is 0 Å². The SMILES string of the molecule is C[C@@H](NC(=O)Nc1cccc(Cl)c1)C(=O)N1CCc2ccccc2C1. The maximum Gasteiger partial charge on any atom is 0.319 e. The van der Waals surface area contributed by atoms with E-state index in [-0.39, 0.29) is 5.91 Å². The number of urea groups is 1. The lowest BCUT2D eigenvalue weighted by atomic mass is 9.99. The first kappa shape index (κ1) is 17.3. The van der Waals surface area contributed by atoms with Gasteiger partial charge in [-0.2, -0.15) is 0 Å². The Kier molecular flexibility index (Phi) is 5.24. The van der Waals surface area contributed by atoms with Crippen LogP contribution in [-0.2, 0) is 17.8 Å². The summed E-state index contributed by atoms with van der Waals surface area (Å²) in [6, 6.07) is 14.0. The molecule has 0 aromatic heterocycles. The van der Waals surface area contributed by atoms with Crippen molar-refractivity contribution < 1.29 is 9.59 Å². The molecule has 0 spiro atoms. The molecular weight excluding hydrogens is 338 g/mol. The van der Waals surface area contributed by atoms with Crippen LogP contribution in [0, 0.1) is 0 Å². The van der Waals surface area contributed by atoms with Crippen LogP contribution in [-0.4, -0.2) is 29.4 Å². The zero-order valence-corrected chi connectivity index (χ0v) is 14.7. The van der Waals surface area contributed by atoms with Crippen molar-refractivity contribution in [3.8, 4) is 0 Å². The summed E-state index contributed by atoms with van der Waals surface area (Å²) in [7, 11) is 0. The van der Waals surface area contributed by atoms with E-state index in [2.05, 4.69) is 16.7 Å². The second-order valence-electron chi connectivity index (χ2n) is 6.11. The van der Waals surface area contributed by atoms with Crippen LogP contribution < -0.4 is 10.6 Å². The zero-order chi connectivity index (χ0) is 17.8. The van der Waals surface area contributed by atoms with E-state index in [1.807, 2.05) is 18.2 Å². The minimum atomic E-state index is -0.607. The molecule has 2 aromatic carbocycles. The first-order chi connectivity index (χ1) is 12.0. The van der Waals surface area contributed by atoms with E-state index >= 15 is 0 Å². The number of anilines is 1. The minimum absolute atomic E-state index is 0.0873. The van der Waals surface area contributed by atoms with Crippen LogP contribution in [0.2, 0.25) is 5.02 Å². The summed E-state index contributed by atoms with van der Waals surface area (Å²) < 4.78 is 0. The van der Waals surface area contributed by atoms with Crippen LogP contribution in [0.3, 0.4) is 0 Å². The van der Waals surface area contributed by atoms with Crippen molar-refractivity contribution in [3.05, 3.63) is 64.7 Å². The lowest BCUT2D eigenvalue weighted by molar-refractivity contribution is -0.133. The summed E-state index contributed by atoms with van der Waals surface area (Å²) in [5, 5.41) is 5.90. The highest BCUT2D eigenvalue weighted by Gasteiger charge is 2.25. The Balaban J connectivity index is 1.57. The summed E-state index contributed by atoms with van der Waals surface area (Å²) >= 11 is 5.89. The Morgan fingerprint density at radius 1 is 1.12 bits per heavy atom. The molecular formula is C19H20ClN3O2. The molecule has 1 aliphatic heterocycles. The van der Waals surface area contributed by atoms with Crippen LogP contribution >= 0.6 is 11.6 Å². The molecule has 2 aromatic rings. The lowest BCUT2D eigenvalue weighted by Crippen LogP contribution is -2.49. The van der Waals surface area contributed by atoms with E-state index in [9.17, 15) is 9.59 Å². The molecule has 0 saturated carbocycles. The van der Waals surface area contributed by atoms with E-state index in [1.165, 1.54) is 5.56 Å². The smallest absolute Gasteiger partial charge is 0.319 e. The van der Waals surface area contributed by atoms with Gasteiger partial charge in [0, 0.05) is 23.8 Å². The van der Waals surface area contributed by atoms with Gasteiger partial charge >= 0.3 is 6.03 Å². The molecule has 6 heteroatoms. The molecule has 3 rings (SSSR count). The molecule has 3 amide bonds. The summed E-state index contributed by atoms with van der Waals surface area (Å²) in [4.78, 5) is 26.5. The highest BCUT2D eigenvalue weighted by atomic mass is 35.5. The number of nitrogens with zero attached hydrogens (tertiary/aromatic N) is 1. The van der Waals surface area contributed by atoms with Crippen LogP contribution in [0.15, 0.2) is 48.5 Å². The molecule has 130 valence electrons. The summed E-state index contributed by atoms with van der Waals surface area (Å²) in [6.45, 7) is 2.94. The topological polar surface area (TPSA) is 61.4 Å². The van der Waals surface area contributed by atoms with Gasteiger partial charge in [0.05, 0.1) is 0 Å². The van der Waals surface area contributed by atoms with E-state index in [4.69, 9.17) is 11.6 Å².